The molecule has 0 radical (unpaired) electrons. The fraction of sp³-hybridized carbons (Fsp3) is 0.226. The number of alkyl halides is 3. The molecular weight excluding hydrogens is 577 g/mol. The largest absolute Gasteiger partial charge is 0.447 e. The van der Waals surface area contributed by atoms with Gasteiger partial charge in [-0.05, 0) is 36.8 Å². The molecule has 0 atom stereocenters. The van der Waals surface area contributed by atoms with Crippen LogP contribution in [0.3, 0.4) is 0 Å². The zero-order chi connectivity index (χ0) is 30.0. The summed E-state index contributed by atoms with van der Waals surface area (Å²) in [4.78, 5) is 21.6. The Hall–Kier alpha value is -4.58. The third-order valence-corrected chi connectivity index (χ3v) is 8.13. The van der Waals surface area contributed by atoms with Crippen LogP contribution in [0, 0.1) is 6.92 Å². The van der Waals surface area contributed by atoms with Crippen LogP contribution in [0.4, 0.5) is 18.9 Å². The standard InChI is InChI=1S/C31H27F3N6O2S/c1-21-8-5-6-13-26(21)38-14-16-39(17-15-38)29(41)25-19-42-27(35-25)20-43-30-37-36-28(22-9-3-2-4-10-22)40(30)24-12-7-11-23(18-24)31(32,33)34/h2-13,18-19H,14-17,20H2,1H3. The molecule has 0 bridgehead atoms. The lowest BCUT2D eigenvalue weighted by atomic mass is 10.1. The number of piperazine rings is 1. The molecule has 6 rings (SSSR count). The number of hydrogen-bond acceptors (Lipinski definition) is 7. The van der Waals surface area contributed by atoms with Crippen molar-refractivity contribution in [2.45, 2.75) is 24.0 Å². The van der Waals surface area contributed by atoms with E-state index in [0.717, 1.165) is 12.1 Å². The molecule has 12 heteroatoms. The second kappa shape index (κ2) is 12.0. The van der Waals surface area contributed by atoms with Crippen LogP contribution in [0.25, 0.3) is 17.1 Å². The number of amides is 1. The van der Waals surface area contributed by atoms with Crippen molar-refractivity contribution >= 4 is 23.4 Å². The third kappa shape index (κ3) is 6.14. The second-order valence-corrected chi connectivity index (χ2v) is 11.0. The number of halogens is 3. The number of carbonyl (C=O) groups excluding carboxylic acids is 1. The number of oxazole rings is 1. The number of anilines is 1. The first-order valence-corrected chi connectivity index (χ1v) is 14.6. The van der Waals surface area contributed by atoms with Gasteiger partial charge in [0.25, 0.3) is 5.91 Å². The van der Waals surface area contributed by atoms with Crippen LogP contribution in [0.2, 0.25) is 0 Å². The van der Waals surface area contributed by atoms with Crippen LogP contribution < -0.4 is 4.90 Å². The predicted molar refractivity (Wildman–Crippen MR) is 157 cm³/mol. The lowest BCUT2D eigenvalue weighted by Crippen LogP contribution is -2.49. The summed E-state index contributed by atoms with van der Waals surface area (Å²) in [6.07, 6.45) is -3.16. The normalized spacial score (nSPS) is 13.9. The van der Waals surface area contributed by atoms with Gasteiger partial charge in [-0.2, -0.15) is 13.2 Å². The van der Waals surface area contributed by atoms with E-state index in [1.165, 1.54) is 35.3 Å². The Bertz CT molecular complexity index is 1730. The smallest absolute Gasteiger partial charge is 0.416 e. The molecule has 1 fully saturated rings. The van der Waals surface area contributed by atoms with E-state index in [0.29, 0.717) is 48.6 Å². The van der Waals surface area contributed by atoms with E-state index in [2.05, 4.69) is 39.1 Å². The molecular formula is C31H27F3N6O2S. The molecule has 8 nitrogen and oxygen atoms in total. The van der Waals surface area contributed by atoms with Crippen molar-refractivity contribution in [2.24, 2.45) is 0 Å². The number of nitrogens with zero attached hydrogens (tertiary/aromatic N) is 6. The Morgan fingerprint density at radius 2 is 1.67 bits per heavy atom. The molecule has 1 amide bonds. The molecule has 0 unspecified atom stereocenters. The highest BCUT2D eigenvalue weighted by atomic mass is 32.2. The number of thioether (sulfide) groups is 1. The van der Waals surface area contributed by atoms with Gasteiger partial charge in [-0.1, -0.05) is 66.4 Å². The topological polar surface area (TPSA) is 80.3 Å². The minimum atomic E-state index is -4.50. The fourth-order valence-corrected chi connectivity index (χ4v) is 5.83. The molecule has 3 heterocycles. The molecule has 1 aliphatic rings. The lowest BCUT2D eigenvalue weighted by molar-refractivity contribution is -0.137. The van der Waals surface area contributed by atoms with Crippen molar-refractivity contribution in [1.82, 2.24) is 24.6 Å². The van der Waals surface area contributed by atoms with Crippen LogP contribution in [-0.2, 0) is 11.9 Å². The number of aryl methyl sites for hydroxylation is 1. The van der Waals surface area contributed by atoms with E-state index in [-0.39, 0.29) is 23.0 Å². The Morgan fingerprint density at radius 3 is 2.42 bits per heavy atom. The van der Waals surface area contributed by atoms with E-state index in [1.54, 1.807) is 15.5 Å². The van der Waals surface area contributed by atoms with E-state index in [9.17, 15) is 18.0 Å². The molecule has 1 saturated heterocycles. The molecule has 43 heavy (non-hydrogen) atoms. The lowest BCUT2D eigenvalue weighted by Gasteiger charge is -2.36. The first kappa shape index (κ1) is 28.5. The van der Waals surface area contributed by atoms with E-state index >= 15 is 0 Å². The molecule has 2 aromatic heterocycles. The summed E-state index contributed by atoms with van der Waals surface area (Å²) >= 11 is 1.20. The van der Waals surface area contributed by atoms with Crippen LogP contribution in [-0.4, -0.2) is 56.7 Å². The summed E-state index contributed by atoms with van der Waals surface area (Å²) < 4.78 is 47.7. The number of aromatic nitrogens is 4. The first-order valence-electron chi connectivity index (χ1n) is 13.6. The van der Waals surface area contributed by atoms with E-state index in [1.807, 2.05) is 42.5 Å². The van der Waals surface area contributed by atoms with Crippen LogP contribution in [0.5, 0.6) is 0 Å². The minimum absolute atomic E-state index is 0.195. The Labute approximate surface area is 250 Å². The summed E-state index contributed by atoms with van der Waals surface area (Å²) in [6, 6.07) is 22.3. The maximum absolute atomic E-state index is 13.5. The zero-order valence-corrected chi connectivity index (χ0v) is 24.0. The van der Waals surface area contributed by atoms with Crippen LogP contribution in [0.1, 0.15) is 27.5 Å². The minimum Gasteiger partial charge on any atom is -0.447 e. The molecule has 1 aliphatic heterocycles. The van der Waals surface area contributed by atoms with Gasteiger partial charge in [0.15, 0.2) is 16.7 Å². The Balaban J connectivity index is 1.17. The third-order valence-electron chi connectivity index (χ3n) is 7.22. The van der Waals surface area contributed by atoms with Gasteiger partial charge >= 0.3 is 6.18 Å². The quantitative estimate of drug-likeness (QED) is 0.196. The highest BCUT2D eigenvalue weighted by molar-refractivity contribution is 7.98. The number of carbonyl (C=O) groups is 1. The molecule has 0 N–H and O–H groups in total. The zero-order valence-electron chi connectivity index (χ0n) is 23.2. The van der Waals surface area contributed by atoms with Gasteiger partial charge in [-0.25, -0.2) is 4.98 Å². The Kier molecular flexibility index (Phi) is 7.94. The molecule has 3 aromatic carbocycles. The van der Waals surface area contributed by atoms with Crippen molar-refractivity contribution < 1.29 is 22.4 Å². The van der Waals surface area contributed by atoms with Gasteiger partial charge < -0.3 is 14.2 Å². The van der Waals surface area contributed by atoms with Gasteiger partial charge in [0.2, 0.25) is 5.89 Å². The van der Waals surface area contributed by atoms with E-state index < -0.39 is 11.7 Å². The number of rotatable bonds is 7. The van der Waals surface area contributed by atoms with Crippen LogP contribution >= 0.6 is 11.8 Å². The van der Waals surface area contributed by atoms with Gasteiger partial charge in [0.05, 0.1) is 17.0 Å². The Morgan fingerprint density at radius 1 is 0.930 bits per heavy atom. The molecule has 0 saturated carbocycles. The maximum atomic E-state index is 13.5. The molecule has 5 aromatic rings. The van der Waals surface area contributed by atoms with Crippen LogP contribution in [0.15, 0.2) is 94.7 Å². The summed E-state index contributed by atoms with van der Waals surface area (Å²) in [5.41, 5.74) is 2.78. The highest BCUT2D eigenvalue weighted by Crippen LogP contribution is 2.34. The fourth-order valence-electron chi connectivity index (χ4n) is 5.02. The maximum Gasteiger partial charge on any atom is 0.416 e. The molecule has 220 valence electrons. The van der Waals surface area contributed by atoms with Crippen molar-refractivity contribution in [3.63, 3.8) is 0 Å². The second-order valence-electron chi connectivity index (χ2n) is 10.0. The first-order chi connectivity index (χ1) is 20.8. The monoisotopic (exact) mass is 604 g/mol. The summed E-state index contributed by atoms with van der Waals surface area (Å²) in [7, 11) is 0. The number of hydrogen-bond donors (Lipinski definition) is 0. The SMILES string of the molecule is Cc1ccccc1N1CCN(C(=O)c2coc(CSc3nnc(-c4ccccc4)n3-c3cccc(C(F)(F)F)c3)n2)CC1. The highest BCUT2D eigenvalue weighted by Gasteiger charge is 2.31. The van der Waals surface area contributed by atoms with Crippen molar-refractivity contribution in [2.75, 3.05) is 31.1 Å². The van der Waals surface area contributed by atoms with E-state index in [4.69, 9.17) is 4.42 Å². The average molecular weight is 605 g/mol. The summed E-state index contributed by atoms with van der Waals surface area (Å²) in [5.74, 6) is 0.686. The van der Waals surface area contributed by atoms with Gasteiger partial charge in [-0.3, -0.25) is 9.36 Å². The van der Waals surface area contributed by atoms with Gasteiger partial charge in [0.1, 0.15) is 6.26 Å². The van der Waals surface area contributed by atoms with Gasteiger partial charge in [-0.15, -0.1) is 10.2 Å². The number of para-hydroxylation sites is 1. The van der Waals surface area contributed by atoms with Crippen molar-refractivity contribution in [1.29, 1.82) is 0 Å². The van der Waals surface area contributed by atoms with Crippen molar-refractivity contribution in [3.8, 4) is 17.1 Å². The van der Waals surface area contributed by atoms with Crippen molar-refractivity contribution in [3.05, 3.63) is 108 Å². The number of benzene rings is 3. The summed E-state index contributed by atoms with van der Waals surface area (Å²) in [6.45, 7) is 4.63. The van der Waals surface area contributed by atoms with Gasteiger partial charge in [0, 0.05) is 37.4 Å². The predicted octanol–water partition coefficient (Wildman–Crippen LogP) is 6.50. The summed E-state index contributed by atoms with van der Waals surface area (Å²) in [5, 5.41) is 8.92. The molecule has 0 aliphatic carbocycles. The molecule has 0 spiro atoms. The average Bonchev–Trinajstić information content (AvgIpc) is 3.68.